The summed E-state index contributed by atoms with van der Waals surface area (Å²) in [6, 6.07) is 0. The Balaban J connectivity index is 1.38. The lowest BCUT2D eigenvalue weighted by molar-refractivity contribution is -0.170. The van der Waals surface area contributed by atoms with E-state index in [1.165, 1.54) is 328 Å². The van der Waals surface area contributed by atoms with Gasteiger partial charge in [-0.05, 0) is 43.4 Å². The van der Waals surface area contributed by atoms with E-state index >= 15 is 0 Å². The molecule has 3 N–H and O–H groups in total. The average Bonchev–Trinajstić information content (AvgIpc) is 4.22. The van der Waals surface area contributed by atoms with E-state index in [0.717, 1.165) is 43.9 Å². The summed E-state index contributed by atoms with van der Waals surface area (Å²) in [4.78, 5) is 13.4. The summed E-state index contributed by atoms with van der Waals surface area (Å²) in [7, 11) is 3.28. The number of esters is 1. The summed E-state index contributed by atoms with van der Waals surface area (Å²) < 4.78 is 22.0. The van der Waals surface area contributed by atoms with Crippen LogP contribution in [0.5, 0.6) is 0 Å². The lowest BCUT2D eigenvalue weighted by atomic mass is 9.91. The van der Waals surface area contributed by atoms with Crippen molar-refractivity contribution in [3.63, 3.8) is 0 Å². The maximum absolute atomic E-state index is 13.4. The first-order valence-corrected chi connectivity index (χ1v) is 37.1. The lowest BCUT2D eigenvalue weighted by Crippen LogP contribution is -2.37. The van der Waals surface area contributed by atoms with Gasteiger partial charge in [0.05, 0.1) is 18.1 Å². The second-order valence-corrected chi connectivity index (χ2v) is 27.5. The first-order chi connectivity index (χ1) is 40.2. The fourth-order valence-corrected chi connectivity index (χ4v) is 13.6. The van der Waals surface area contributed by atoms with E-state index in [9.17, 15) is 20.1 Å². The Bertz CT molecular complexity index is 1330. The van der Waals surface area contributed by atoms with Crippen molar-refractivity contribution in [3.8, 4) is 0 Å². The number of carbonyl (C=O) groups excluding carboxylic acids is 1. The van der Waals surface area contributed by atoms with Crippen molar-refractivity contribution < 1.29 is 39.1 Å². The van der Waals surface area contributed by atoms with E-state index in [0.29, 0.717) is 24.9 Å². The highest BCUT2D eigenvalue weighted by Crippen LogP contribution is 2.46. The Morgan fingerprint density at radius 3 is 1.04 bits per heavy atom. The second-order valence-electron chi connectivity index (χ2n) is 27.5. The van der Waals surface area contributed by atoms with Gasteiger partial charge in [-0.1, -0.05) is 361 Å². The van der Waals surface area contributed by atoms with Crippen LogP contribution in [0.4, 0.5) is 0 Å². The molecule has 488 valence electrons. The van der Waals surface area contributed by atoms with Gasteiger partial charge in [0.25, 0.3) is 0 Å². The topological polar surface area (TPSA) is 115 Å². The summed E-state index contributed by atoms with van der Waals surface area (Å²) in [6.45, 7) is 6.67. The van der Waals surface area contributed by atoms with Crippen LogP contribution in [0.25, 0.3) is 0 Å². The predicted molar refractivity (Wildman–Crippen MR) is 350 cm³/mol. The van der Waals surface area contributed by atoms with Gasteiger partial charge < -0.3 is 34.3 Å². The molecule has 0 aromatic heterocycles. The third-order valence-corrected chi connectivity index (χ3v) is 19.6. The zero-order valence-corrected chi connectivity index (χ0v) is 55.7. The van der Waals surface area contributed by atoms with Gasteiger partial charge in [0, 0.05) is 14.2 Å². The lowest BCUT2D eigenvalue weighted by Gasteiger charge is -2.23. The minimum absolute atomic E-state index is 0.168. The molecule has 1 aliphatic carbocycles. The Morgan fingerprint density at radius 2 is 0.732 bits per heavy atom. The molecule has 2 aliphatic rings. The standard InChI is InChI=1S/C74H144O8/c1-6-7-8-9-10-11-12-13-14-15-16-17-18-19-20-23-29-34-39-44-49-54-59-67(73(78)81-63-70-71(76)72(77)74(80-5)82-70)68(75)60-55-50-45-40-35-30-24-21-22-27-32-37-42-47-52-57-65-62-66(65)58-53-48-43-38-33-28-25-26-31-36-41-46-51-56-61-69(79-4)64(2)3/h64-72,74-77H,6-63H2,1-5H3/t65-,66+,67-,68-,69-,70-,71-,72+,74+/m1/s1. The van der Waals surface area contributed by atoms with Crippen molar-refractivity contribution in [3.05, 3.63) is 0 Å². The molecule has 8 heteroatoms. The van der Waals surface area contributed by atoms with Gasteiger partial charge in [-0.2, -0.15) is 0 Å². The van der Waals surface area contributed by atoms with Gasteiger partial charge >= 0.3 is 5.97 Å². The number of rotatable bonds is 65. The zero-order chi connectivity index (χ0) is 59.2. The van der Waals surface area contributed by atoms with Crippen LogP contribution in [0.1, 0.15) is 387 Å². The van der Waals surface area contributed by atoms with Gasteiger partial charge in [0.1, 0.15) is 24.9 Å². The Hall–Kier alpha value is -0.770. The summed E-state index contributed by atoms with van der Waals surface area (Å²) in [5.74, 6) is 1.78. The smallest absolute Gasteiger partial charge is 0.311 e. The van der Waals surface area contributed by atoms with Crippen LogP contribution in [0.3, 0.4) is 0 Å². The maximum Gasteiger partial charge on any atom is 0.311 e. The van der Waals surface area contributed by atoms with Crippen LogP contribution >= 0.6 is 0 Å². The predicted octanol–water partition coefficient (Wildman–Crippen LogP) is 21.8. The van der Waals surface area contributed by atoms with Crippen molar-refractivity contribution in [2.24, 2.45) is 23.7 Å². The molecule has 9 atom stereocenters. The number of aliphatic hydroxyl groups is 3. The molecule has 0 amide bonds. The normalized spacial score (nSPS) is 20.1. The Morgan fingerprint density at radius 1 is 0.427 bits per heavy atom. The number of aliphatic hydroxyl groups excluding tert-OH is 3. The van der Waals surface area contributed by atoms with Crippen molar-refractivity contribution in [1.82, 2.24) is 0 Å². The van der Waals surface area contributed by atoms with Crippen LogP contribution in [0.2, 0.25) is 0 Å². The molecule has 0 bridgehead atoms. The van der Waals surface area contributed by atoms with Crippen molar-refractivity contribution in [2.45, 2.75) is 424 Å². The van der Waals surface area contributed by atoms with Gasteiger partial charge in [-0.15, -0.1) is 0 Å². The first-order valence-electron chi connectivity index (χ1n) is 37.1. The first kappa shape index (κ1) is 77.3. The van der Waals surface area contributed by atoms with Crippen molar-refractivity contribution in [2.75, 3.05) is 20.8 Å². The molecule has 0 radical (unpaired) electrons. The minimum atomic E-state index is -1.19. The molecule has 0 aromatic rings. The summed E-state index contributed by atoms with van der Waals surface area (Å²) in [5.41, 5.74) is 0. The highest BCUT2D eigenvalue weighted by Gasteiger charge is 2.44. The minimum Gasteiger partial charge on any atom is -0.463 e. The molecule has 1 saturated carbocycles. The highest BCUT2D eigenvalue weighted by molar-refractivity contribution is 5.73. The third-order valence-electron chi connectivity index (χ3n) is 19.6. The maximum atomic E-state index is 13.4. The van der Waals surface area contributed by atoms with Gasteiger partial charge in [-0.25, -0.2) is 0 Å². The molecule has 82 heavy (non-hydrogen) atoms. The van der Waals surface area contributed by atoms with Crippen LogP contribution in [-0.2, 0) is 23.7 Å². The average molecular weight is 1160 g/mol. The SMILES string of the molecule is CCCCCCCCCCCCCCCCCCCCCCCC[C@@H](C(=O)OC[C@H]1O[C@H](OC)[C@@H](O)[C@@H]1O)[C@H](O)CCCCCCCCCCCCCCCCC[C@@H]1C[C@@H]1CCCCCCCCCCCCCCCC[C@@H](OC)C(C)C. The molecule has 8 nitrogen and oxygen atoms in total. The van der Waals surface area contributed by atoms with Crippen LogP contribution < -0.4 is 0 Å². The van der Waals surface area contributed by atoms with Gasteiger partial charge in [-0.3, -0.25) is 4.79 Å². The number of hydrogen-bond acceptors (Lipinski definition) is 8. The highest BCUT2D eigenvalue weighted by atomic mass is 16.7. The fourth-order valence-electron chi connectivity index (χ4n) is 13.6. The third kappa shape index (κ3) is 43.8. The van der Waals surface area contributed by atoms with Gasteiger partial charge in [0.2, 0.25) is 0 Å². The monoisotopic (exact) mass is 1160 g/mol. The molecule has 1 saturated heterocycles. The second kappa shape index (κ2) is 56.7. The van der Waals surface area contributed by atoms with E-state index in [1.54, 1.807) is 0 Å². The molecule has 0 spiro atoms. The molecule has 2 fully saturated rings. The van der Waals surface area contributed by atoms with Gasteiger partial charge in [0.15, 0.2) is 6.29 Å². The van der Waals surface area contributed by atoms with Crippen molar-refractivity contribution in [1.29, 1.82) is 0 Å². The van der Waals surface area contributed by atoms with E-state index < -0.39 is 42.6 Å². The molecule has 1 heterocycles. The number of hydrogen-bond donors (Lipinski definition) is 3. The summed E-state index contributed by atoms with van der Waals surface area (Å²) >= 11 is 0. The van der Waals surface area contributed by atoms with Crippen LogP contribution in [0.15, 0.2) is 0 Å². The van der Waals surface area contributed by atoms with E-state index in [2.05, 4.69) is 20.8 Å². The van der Waals surface area contributed by atoms with Crippen LogP contribution in [0, 0.1) is 23.7 Å². The van der Waals surface area contributed by atoms with E-state index in [4.69, 9.17) is 18.9 Å². The number of unbranched alkanes of at least 4 members (excludes halogenated alkanes) is 48. The van der Waals surface area contributed by atoms with E-state index in [1.807, 2.05) is 7.11 Å². The van der Waals surface area contributed by atoms with E-state index in [-0.39, 0.29) is 6.61 Å². The number of carbonyl (C=O) groups is 1. The quantitative estimate of drug-likeness (QED) is 0.0408. The molecule has 0 aromatic carbocycles. The molecule has 1 aliphatic heterocycles. The molecule has 2 rings (SSSR count). The van der Waals surface area contributed by atoms with Crippen molar-refractivity contribution >= 4 is 5.97 Å². The summed E-state index contributed by atoms with van der Waals surface area (Å²) in [6.07, 6.45) is 72.0. The number of ether oxygens (including phenoxy) is 4. The molecule has 0 unspecified atom stereocenters. The molecular formula is C74H144O8. The summed E-state index contributed by atoms with van der Waals surface area (Å²) in [5, 5.41) is 31.9. The van der Waals surface area contributed by atoms with Crippen LogP contribution in [-0.4, -0.2) is 78.9 Å². The largest absolute Gasteiger partial charge is 0.463 e. The molecular weight excluding hydrogens is 1020 g/mol. The fraction of sp³-hybridized carbons (Fsp3) is 0.986. The zero-order valence-electron chi connectivity index (χ0n) is 55.7. The Labute approximate surface area is 510 Å². The number of methoxy groups -OCH3 is 2. The Kier molecular flexibility index (Phi) is 53.5.